The predicted molar refractivity (Wildman–Crippen MR) is 78.0 cm³/mol. The summed E-state index contributed by atoms with van der Waals surface area (Å²) in [5.41, 5.74) is 0.114. The molecule has 1 atom stereocenters. The number of nitrogens with one attached hydrogen (secondary N) is 1. The van der Waals surface area contributed by atoms with Gasteiger partial charge in [-0.2, -0.15) is 11.8 Å². The highest BCUT2D eigenvalue weighted by Gasteiger charge is 2.20. The van der Waals surface area contributed by atoms with Crippen LogP contribution in [0.15, 0.2) is 16.6 Å². The van der Waals surface area contributed by atoms with Gasteiger partial charge in [-0.25, -0.2) is 8.78 Å². The van der Waals surface area contributed by atoms with Gasteiger partial charge < -0.3 is 5.32 Å². The third-order valence-electron chi connectivity index (χ3n) is 2.51. The monoisotopic (exact) mass is 337 g/mol. The molecule has 18 heavy (non-hydrogen) atoms. The molecule has 1 aromatic rings. The number of rotatable bonds is 6. The second-order valence-electron chi connectivity index (χ2n) is 4.53. The second-order valence-corrected chi connectivity index (χ2v) is 6.46. The van der Waals surface area contributed by atoms with Crippen LogP contribution in [0.25, 0.3) is 0 Å². The fourth-order valence-corrected chi connectivity index (χ4v) is 3.12. The van der Waals surface area contributed by atoms with Crippen molar-refractivity contribution in [3.8, 4) is 0 Å². The quantitative estimate of drug-likeness (QED) is 0.773. The van der Waals surface area contributed by atoms with Crippen molar-refractivity contribution in [1.82, 2.24) is 5.32 Å². The Kier molecular flexibility index (Phi) is 6.60. The first-order valence-electron chi connectivity index (χ1n) is 5.85. The van der Waals surface area contributed by atoms with E-state index in [9.17, 15) is 8.78 Å². The SMILES string of the molecule is CNC(CSCC(C)C)c1c(F)ccc(Br)c1F. The Hall–Kier alpha value is -0.130. The van der Waals surface area contributed by atoms with E-state index in [4.69, 9.17) is 0 Å². The van der Waals surface area contributed by atoms with Gasteiger partial charge in [-0.1, -0.05) is 13.8 Å². The fourth-order valence-electron chi connectivity index (χ4n) is 1.59. The van der Waals surface area contributed by atoms with Gasteiger partial charge in [0.25, 0.3) is 0 Å². The number of thioether (sulfide) groups is 1. The lowest BCUT2D eigenvalue weighted by molar-refractivity contribution is 0.510. The standard InChI is InChI=1S/C13H18BrF2NS/c1-8(2)6-18-7-11(17-3)12-10(15)5-4-9(14)13(12)16/h4-5,8,11,17H,6-7H2,1-3H3. The van der Waals surface area contributed by atoms with E-state index in [1.165, 1.54) is 12.1 Å². The molecule has 0 aliphatic heterocycles. The summed E-state index contributed by atoms with van der Waals surface area (Å²) in [5, 5.41) is 2.98. The second kappa shape index (κ2) is 7.46. The summed E-state index contributed by atoms with van der Waals surface area (Å²) in [5.74, 6) is 1.19. The molecule has 1 aromatic carbocycles. The average molecular weight is 338 g/mol. The van der Waals surface area contributed by atoms with E-state index < -0.39 is 11.6 Å². The minimum Gasteiger partial charge on any atom is -0.312 e. The van der Waals surface area contributed by atoms with Crippen LogP contribution in [0.5, 0.6) is 0 Å². The molecular weight excluding hydrogens is 320 g/mol. The number of halogens is 3. The van der Waals surface area contributed by atoms with Crippen LogP contribution < -0.4 is 5.32 Å². The lowest BCUT2D eigenvalue weighted by Crippen LogP contribution is -2.22. The normalized spacial score (nSPS) is 13.1. The van der Waals surface area contributed by atoms with Crippen LogP contribution in [0.1, 0.15) is 25.5 Å². The maximum atomic E-state index is 13.9. The van der Waals surface area contributed by atoms with Gasteiger partial charge in [0.15, 0.2) is 0 Å². The minimum atomic E-state index is -0.514. The van der Waals surface area contributed by atoms with E-state index in [2.05, 4.69) is 35.1 Å². The summed E-state index contributed by atoms with van der Waals surface area (Å²) in [4.78, 5) is 0. The highest BCUT2D eigenvalue weighted by Crippen LogP contribution is 2.28. The molecular formula is C13H18BrF2NS. The Morgan fingerprint density at radius 2 is 1.94 bits per heavy atom. The summed E-state index contributed by atoms with van der Waals surface area (Å²) >= 11 is 4.79. The fraction of sp³-hybridized carbons (Fsp3) is 0.538. The summed E-state index contributed by atoms with van der Waals surface area (Å²) in [6.45, 7) is 4.25. The van der Waals surface area contributed by atoms with Gasteiger partial charge in [0, 0.05) is 17.4 Å². The first-order valence-corrected chi connectivity index (χ1v) is 7.80. The summed E-state index contributed by atoms with van der Waals surface area (Å²) < 4.78 is 28.0. The Bertz CT molecular complexity index is 399. The molecule has 1 nitrogen and oxygen atoms in total. The van der Waals surface area contributed by atoms with Gasteiger partial charge in [0.1, 0.15) is 11.6 Å². The molecule has 0 aromatic heterocycles. The molecule has 0 aliphatic carbocycles. The molecule has 102 valence electrons. The van der Waals surface area contributed by atoms with Crippen LogP contribution in [0.2, 0.25) is 0 Å². The van der Waals surface area contributed by atoms with Crippen molar-refractivity contribution in [3.63, 3.8) is 0 Å². The van der Waals surface area contributed by atoms with Crippen LogP contribution in [-0.4, -0.2) is 18.6 Å². The minimum absolute atomic E-state index is 0.114. The van der Waals surface area contributed by atoms with Crippen molar-refractivity contribution in [3.05, 3.63) is 33.8 Å². The number of benzene rings is 1. The van der Waals surface area contributed by atoms with Crippen LogP contribution in [-0.2, 0) is 0 Å². The van der Waals surface area contributed by atoms with E-state index in [1.54, 1.807) is 18.8 Å². The molecule has 5 heteroatoms. The van der Waals surface area contributed by atoms with Crippen LogP contribution in [0.3, 0.4) is 0 Å². The number of hydrogen-bond acceptors (Lipinski definition) is 2. The summed E-state index contributed by atoms with van der Waals surface area (Å²) in [6, 6.07) is 2.37. The van der Waals surface area contributed by atoms with Crippen molar-refractivity contribution >= 4 is 27.7 Å². The zero-order chi connectivity index (χ0) is 13.7. The van der Waals surface area contributed by atoms with Gasteiger partial charge in [-0.15, -0.1) is 0 Å². The molecule has 0 radical (unpaired) electrons. The maximum absolute atomic E-state index is 13.9. The van der Waals surface area contributed by atoms with Gasteiger partial charge >= 0.3 is 0 Å². The Balaban J connectivity index is 2.85. The van der Waals surface area contributed by atoms with Crippen molar-refractivity contribution < 1.29 is 8.78 Å². The van der Waals surface area contributed by atoms with Gasteiger partial charge in [0.2, 0.25) is 0 Å². The zero-order valence-electron chi connectivity index (χ0n) is 10.8. The van der Waals surface area contributed by atoms with Gasteiger partial charge in [-0.3, -0.25) is 0 Å². The van der Waals surface area contributed by atoms with Crippen molar-refractivity contribution in [2.24, 2.45) is 5.92 Å². The first kappa shape index (κ1) is 15.9. The Morgan fingerprint density at radius 3 is 2.50 bits per heavy atom. The van der Waals surface area contributed by atoms with Crippen molar-refractivity contribution in [1.29, 1.82) is 0 Å². The lowest BCUT2D eigenvalue weighted by atomic mass is 10.1. The molecule has 0 saturated carbocycles. The highest BCUT2D eigenvalue weighted by atomic mass is 79.9. The third-order valence-corrected chi connectivity index (χ3v) is 4.60. The van der Waals surface area contributed by atoms with Crippen molar-refractivity contribution in [2.45, 2.75) is 19.9 Å². The number of hydrogen-bond donors (Lipinski definition) is 1. The predicted octanol–water partition coefficient (Wildman–Crippen LogP) is 4.38. The molecule has 0 bridgehead atoms. The van der Waals surface area contributed by atoms with Gasteiger partial charge in [-0.05, 0) is 46.8 Å². The largest absolute Gasteiger partial charge is 0.312 e. The Morgan fingerprint density at radius 1 is 1.28 bits per heavy atom. The lowest BCUT2D eigenvalue weighted by Gasteiger charge is -2.19. The van der Waals surface area contributed by atoms with E-state index >= 15 is 0 Å². The third kappa shape index (κ3) is 4.21. The molecule has 0 heterocycles. The van der Waals surface area contributed by atoms with E-state index in [1.807, 2.05) is 0 Å². The zero-order valence-corrected chi connectivity index (χ0v) is 13.2. The average Bonchev–Trinajstić information content (AvgIpc) is 2.32. The van der Waals surface area contributed by atoms with Crippen LogP contribution in [0, 0.1) is 17.6 Å². The first-order chi connectivity index (χ1) is 8.47. The molecule has 0 saturated heterocycles. The molecule has 0 aliphatic rings. The molecule has 1 rings (SSSR count). The molecule has 0 spiro atoms. The highest BCUT2D eigenvalue weighted by molar-refractivity contribution is 9.10. The maximum Gasteiger partial charge on any atom is 0.145 e. The summed E-state index contributed by atoms with van der Waals surface area (Å²) in [6.07, 6.45) is 0. The molecule has 0 amide bonds. The van der Waals surface area contributed by atoms with Crippen LogP contribution >= 0.6 is 27.7 Å². The van der Waals surface area contributed by atoms with Crippen LogP contribution in [0.4, 0.5) is 8.78 Å². The smallest absolute Gasteiger partial charge is 0.145 e. The molecule has 1 unspecified atom stereocenters. The Labute approximate surface area is 120 Å². The summed E-state index contributed by atoms with van der Waals surface area (Å²) in [7, 11) is 1.72. The molecule has 1 N–H and O–H groups in total. The topological polar surface area (TPSA) is 12.0 Å². The van der Waals surface area contributed by atoms with Gasteiger partial charge in [0.05, 0.1) is 4.47 Å². The van der Waals surface area contributed by atoms with E-state index in [0.29, 0.717) is 16.1 Å². The van der Waals surface area contributed by atoms with Crippen molar-refractivity contribution in [2.75, 3.05) is 18.6 Å². The molecule has 0 fully saturated rings. The van der Waals surface area contributed by atoms with E-state index in [0.717, 1.165) is 5.75 Å². The van der Waals surface area contributed by atoms with E-state index in [-0.39, 0.29) is 11.6 Å².